The van der Waals surface area contributed by atoms with Gasteiger partial charge < -0.3 is 19.1 Å². The molecule has 1 unspecified atom stereocenters. The lowest BCUT2D eigenvalue weighted by atomic mass is 9.94. The number of methoxy groups -OCH3 is 1. The van der Waals surface area contributed by atoms with Crippen molar-refractivity contribution in [3.8, 4) is 11.5 Å². The zero-order valence-electron chi connectivity index (χ0n) is 19.9. The van der Waals surface area contributed by atoms with E-state index in [-0.39, 0.29) is 11.3 Å². The molecular weight excluding hydrogens is 456 g/mol. The Bertz CT molecular complexity index is 1560. The number of rotatable bonds is 4. The molecule has 6 rings (SSSR count). The molecule has 2 aliphatic rings. The van der Waals surface area contributed by atoms with Gasteiger partial charge in [0, 0.05) is 47.4 Å². The minimum absolute atomic E-state index is 0.0611. The van der Waals surface area contributed by atoms with Gasteiger partial charge in [0.15, 0.2) is 0 Å². The summed E-state index contributed by atoms with van der Waals surface area (Å²) >= 11 is 0. The first-order chi connectivity index (χ1) is 17.5. The van der Waals surface area contributed by atoms with Crippen LogP contribution in [-0.2, 0) is 23.1 Å². The SMILES string of the molecule is COc1ccc(N2C(=O)C(=O)/C(=C(/O)c3ccc4c(c3)CCO4)C2c2cn(C)c3ccccc23)cc1. The number of hydrogen-bond donors (Lipinski definition) is 1. The molecule has 0 saturated carbocycles. The van der Waals surface area contributed by atoms with Crippen molar-refractivity contribution < 1.29 is 24.2 Å². The number of ketones is 1. The number of ether oxygens (including phenoxy) is 2. The number of amides is 1. The third kappa shape index (κ3) is 3.27. The summed E-state index contributed by atoms with van der Waals surface area (Å²) in [7, 11) is 3.49. The Morgan fingerprint density at radius 2 is 1.83 bits per heavy atom. The first-order valence-corrected chi connectivity index (χ1v) is 11.7. The Labute approximate surface area is 207 Å². The second kappa shape index (κ2) is 8.30. The van der Waals surface area contributed by atoms with E-state index >= 15 is 0 Å². The topological polar surface area (TPSA) is 81.0 Å². The summed E-state index contributed by atoms with van der Waals surface area (Å²) in [6.45, 7) is 0.581. The first kappa shape index (κ1) is 22.0. The first-order valence-electron chi connectivity index (χ1n) is 11.7. The average molecular weight is 481 g/mol. The predicted molar refractivity (Wildman–Crippen MR) is 136 cm³/mol. The van der Waals surface area contributed by atoms with Crippen LogP contribution in [0.15, 0.2) is 78.5 Å². The summed E-state index contributed by atoms with van der Waals surface area (Å²) in [6, 6.07) is 19.3. The van der Waals surface area contributed by atoms with Crippen molar-refractivity contribution in [3.63, 3.8) is 0 Å². The molecule has 7 nitrogen and oxygen atoms in total. The number of aliphatic hydroxyl groups is 1. The number of fused-ring (bicyclic) bond motifs is 2. The summed E-state index contributed by atoms with van der Waals surface area (Å²) in [5, 5.41) is 12.4. The molecule has 1 fully saturated rings. The highest BCUT2D eigenvalue weighted by molar-refractivity contribution is 6.51. The molecule has 0 spiro atoms. The van der Waals surface area contributed by atoms with Crippen LogP contribution in [0, 0.1) is 0 Å². The van der Waals surface area contributed by atoms with Crippen molar-refractivity contribution in [3.05, 3.63) is 95.2 Å². The number of aryl methyl sites for hydroxylation is 1. The number of para-hydroxylation sites is 1. The predicted octanol–water partition coefficient (Wildman–Crippen LogP) is 4.75. The number of nitrogens with zero attached hydrogens (tertiary/aromatic N) is 2. The lowest BCUT2D eigenvalue weighted by Gasteiger charge is -2.25. The van der Waals surface area contributed by atoms with Gasteiger partial charge in [-0.25, -0.2) is 0 Å². The largest absolute Gasteiger partial charge is 0.507 e. The molecule has 1 atom stereocenters. The number of benzene rings is 3. The van der Waals surface area contributed by atoms with Crippen LogP contribution >= 0.6 is 0 Å². The summed E-state index contributed by atoms with van der Waals surface area (Å²) in [5.41, 5.74) is 3.77. The highest BCUT2D eigenvalue weighted by atomic mass is 16.5. The van der Waals surface area contributed by atoms with Gasteiger partial charge in [0.25, 0.3) is 11.7 Å². The minimum atomic E-state index is -0.811. The van der Waals surface area contributed by atoms with Crippen LogP contribution < -0.4 is 14.4 Å². The molecular formula is C29H24N2O5. The average Bonchev–Trinajstić information content (AvgIpc) is 3.58. The highest BCUT2D eigenvalue weighted by Crippen LogP contribution is 2.45. The normalized spacial score (nSPS) is 18.5. The maximum Gasteiger partial charge on any atom is 0.300 e. The quantitative estimate of drug-likeness (QED) is 0.259. The Kier molecular flexibility index (Phi) is 5.07. The molecule has 3 heterocycles. The van der Waals surface area contributed by atoms with Gasteiger partial charge in [0.1, 0.15) is 17.3 Å². The maximum absolute atomic E-state index is 13.5. The molecule has 0 bridgehead atoms. The van der Waals surface area contributed by atoms with Crippen molar-refractivity contribution in [1.29, 1.82) is 0 Å². The molecule has 180 valence electrons. The maximum atomic E-state index is 13.5. The van der Waals surface area contributed by atoms with Crippen LogP contribution in [-0.4, -0.2) is 35.1 Å². The number of carbonyl (C=O) groups is 2. The zero-order chi connectivity index (χ0) is 25.0. The van der Waals surface area contributed by atoms with E-state index in [0.717, 1.165) is 34.2 Å². The van der Waals surface area contributed by atoms with Gasteiger partial charge in [0.05, 0.1) is 25.3 Å². The second-order valence-electron chi connectivity index (χ2n) is 9.00. The zero-order valence-corrected chi connectivity index (χ0v) is 19.9. The monoisotopic (exact) mass is 480 g/mol. The molecule has 4 aromatic rings. The lowest BCUT2D eigenvalue weighted by Crippen LogP contribution is -2.29. The summed E-state index contributed by atoms with van der Waals surface area (Å²) in [6.07, 6.45) is 2.64. The van der Waals surface area contributed by atoms with Crippen LogP contribution in [0.5, 0.6) is 11.5 Å². The number of Topliss-reactive ketones (excluding diaryl/α,β-unsaturated/α-hetero) is 1. The van der Waals surface area contributed by atoms with E-state index in [1.165, 1.54) is 4.90 Å². The van der Waals surface area contributed by atoms with Crippen molar-refractivity contribution >= 4 is 34.0 Å². The molecule has 7 heteroatoms. The Hall–Kier alpha value is -4.52. The van der Waals surface area contributed by atoms with E-state index in [0.29, 0.717) is 23.6 Å². The van der Waals surface area contributed by atoms with Crippen LogP contribution in [0.3, 0.4) is 0 Å². The van der Waals surface area contributed by atoms with E-state index in [4.69, 9.17) is 9.47 Å². The molecule has 3 aromatic carbocycles. The number of aliphatic hydroxyl groups excluding tert-OH is 1. The lowest BCUT2D eigenvalue weighted by molar-refractivity contribution is -0.132. The number of anilines is 1. The minimum Gasteiger partial charge on any atom is -0.507 e. The van der Waals surface area contributed by atoms with Crippen LogP contribution in [0.1, 0.15) is 22.7 Å². The molecule has 36 heavy (non-hydrogen) atoms. The second-order valence-corrected chi connectivity index (χ2v) is 9.00. The van der Waals surface area contributed by atoms with E-state index in [1.54, 1.807) is 43.5 Å². The molecule has 1 saturated heterocycles. The fraction of sp³-hybridized carbons (Fsp3) is 0.172. The molecule has 2 aliphatic heterocycles. The number of carbonyl (C=O) groups excluding carboxylic acids is 2. The van der Waals surface area contributed by atoms with E-state index in [9.17, 15) is 14.7 Å². The summed E-state index contributed by atoms with van der Waals surface area (Å²) in [4.78, 5) is 28.5. The van der Waals surface area contributed by atoms with Crippen molar-refractivity contribution in [2.45, 2.75) is 12.5 Å². The van der Waals surface area contributed by atoms with Crippen molar-refractivity contribution in [1.82, 2.24) is 4.57 Å². The molecule has 1 amide bonds. The van der Waals surface area contributed by atoms with Gasteiger partial charge in [0.2, 0.25) is 0 Å². The summed E-state index contributed by atoms with van der Waals surface area (Å²) in [5.74, 6) is -0.201. The van der Waals surface area contributed by atoms with E-state index in [1.807, 2.05) is 48.1 Å². The molecule has 0 radical (unpaired) electrons. The third-order valence-corrected chi connectivity index (χ3v) is 6.98. The fourth-order valence-electron chi connectivity index (χ4n) is 5.22. The Morgan fingerprint density at radius 3 is 2.61 bits per heavy atom. The third-order valence-electron chi connectivity index (χ3n) is 6.98. The van der Waals surface area contributed by atoms with Crippen molar-refractivity contribution in [2.24, 2.45) is 7.05 Å². The van der Waals surface area contributed by atoms with Crippen LogP contribution in [0.2, 0.25) is 0 Å². The fourth-order valence-corrected chi connectivity index (χ4v) is 5.22. The van der Waals surface area contributed by atoms with Crippen molar-refractivity contribution in [2.75, 3.05) is 18.6 Å². The van der Waals surface area contributed by atoms with Gasteiger partial charge >= 0.3 is 0 Å². The Balaban J connectivity index is 1.59. The van der Waals surface area contributed by atoms with Gasteiger partial charge in [-0.05, 0) is 54.1 Å². The molecule has 0 aliphatic carbocycles. The molecule has 1 N–H and O–H groups in total. The van der Waals surface area contributed by atoms with Gasteiger partial charge in [-0.2, -0.15) is 0 Å². The summed E-state index contributed by atoms with van der Waals surface area (Å²) < 4.78 is 12.8. The van der Waals surface area contributed by atoms with Crippen LogP contribution in [0.25, 0.3) is 16.7 Å². The molecule has 1 aromatic heterocycles. The van der Waals surface area contributed by atoms with E-state index in [2.05, 4.69) is 0 Å². The van der Waals surface area contributed by atoms with Crippen LogP contribution in [0.4, 0.5) is 5.69 Å². The van der Waals surface area contributed by atoms with Gasteiger partial charge in [-0.3, -0.25) is 14.5 Å². The smallest absolute Gasteiger partial charge is 0.300 e. The number of aromatic nitrogens is 1. The van der Waals surface area contributed by atoms with E-state index < -0.39 is 17.7 Å². The highest BCUT2D eigenvalue weighted by Gasteiger charge is 2.48. The standard InChI is InChI=1S/C29H24N2O5/c1-30-16-22(21-5-3-4-6-23(21)30)26-25(27(32)18-7-12-24-17(15-18)13-14-36-24)28(33)29(34)31(26)19-8-10-20(35-2)11-9-19/h3-12,15-16,26,32H,13-14H2,1-2H3/b27-25+. The van der Waals surface area contributed by atoms with Gasteiger partial charge in [-0.1, -0.05) is 18.2 Å². The van der Waals surface area contributed by atoms with Gasteiger partial charge in [-0.15, -0.1) is 0 Å². The number of hydrogen-bond acceptors (Lipinski definition) is 5. The Morgan fingerprint density at radius 1 is 1.06 bits per heavy atom.